The molecule has 1 fully saturated rings. The van der Waals surface area contributed by atoms with Gasteiger partial charge in [-0.2, -0.15) is 0 Å². The smallest absolute Gasteiger partial charge is 0.0575 e. The predicted octanol–water partition coefficient (Wildman–Crippen LogP) is 6.96. The Balaban J connectivity index is 1.56. The maximum atomic E-state index is 6.11. The molecule has 2 aromatic rings. The summed E-state index contributed by atoms with van der Waals surface area (Å²) in [6.07, 6.45) is 8.14. The van der Waals surface area contributed by atoms with E-state index in [0.717, 1.165) is 11.1 Å². The first kappa shape index (κ1) is 17.7. The second-order valence-electron chi connectivity index (χ2n) is 6.85. The van der Waals surface area contributed by atoms with Gasteiger partial charge in [0.05, 0.1) is 12.7 Å². The largest absolute Gasteiger partial charge is 0.378 e. The Hall–Kier alpha value is -1.12. The van der Waals surface area contributed by atoms with Crippen LogP contribution in [0.4, 0.5) is 0 Å². The van der Waals surface area contributed by atoms with E-state index in [-0.39, 0.29) is 0 Å². The number of hydrogen-bond donors (Lipinski definition) is 0. The van der Waals surface area contributed by atoms with Gasteiger partial charge in [0.25, 0.3) is 0 Å². The van der Waals surface area contributed by atoms with E-state index in [0.29, 0.717) is 12.0 Å². The monoisotopic (exact) mass is 386 g/mol. The van der Waals surface area contributed by atoms with Crippen LogP contribution in [0.25, 0.3) is 11.1 Å². The minimum Gasteiger partial charge on any atom is -0.378 e. The van der Waals surface area contributed by atoms with Crippen molar-refractivity contribution in [2.75, 3.05) is 6.61 Å². The second-order valence-corrected chi connectivity index (χ2v) is 7.77. The van der Waals surface area contributed by atoms with Crippen LogP contribution in [0.5, 0.6) is 0 Å². The first-order chi connectivity index (χ1) is 11.8. The lowest BCUT2D eigenvalue weighted by Gasteiger charge is -2.29. The average Bonchev–Trinajstić information content (AvgIpc) is 2.63. The van der Waals surface area contributed by atoms with Crippen LogP contribution in [-0.2, 0) is 4.74 Å². The molecule has 0 N–H and O–H groups in total. The summed E-state index contributed by atoms with van der Waals surface area (Å²) in [5.74, 6) is 0.561. The zero-order valence-electron chi connectivity index (χ0n) is 14.5. The number of unbranched alkanes of at least 4 members (excludes halogenated alkanes) is 2. The van der Waals surface area contributed by atoms with Crippen LogP contribution >= 0.6 is 15.9 Å². The SMILES string of the molecule is CCCCCC1CCC(c2ccc(-c3ccc(Br)cc3)cc2)CO1. The molecule has 1 nitrogen and oxygen atoms in total. The normalized spacial score (nSPS) is 20.9. The zero-order chi connectivity index (χ0) is 16.8. The van der Waals surface area contributed by atoms with Crippen LogP contribution < -0.4 is 0 Å². The van der Waals surface area contributed by atoms with Crippen molar-refractivity contribution in [1.82, 2.24) is 0 Å². The van der Waals surface area contributed by atoms with Gasteiger partial charge >= 0.3 is 0 Å². The maximum absolute atomic E-state index is 6.11. The van der Waals surface area contributed by atoms with Crippen molar-refractivity contribution in [1.29, 1.82) is 0 Å². The Morgan fingerprint density at radius 3 is 2.17 bits per heavy atom. The highest BCUT2D eigenvalue weighted by molar-refractivity contribution is 9.10. The van der Waals surface area contributed by atoms with Crippen LogP contribution in [-0.4, -0.2) is 12.7 Å². The van der Waals surface area contributed by atoms with E-state index in [2.05, 4.69) is 71.4 Å². The fraction of sp³-hybridized carbons (Fsp3) is 0.455. The summed E-state index contributed by atoms with van der Waals surface area (Å²) in [6, 6.07) is 17.5. The second kappa shape index (κ2) is 8.82. The third-order valence-corrected chi connectivity index (χ3v) is 5.59. The first-order valence-electron chi connectivity index (χ1n) is 9.23. The molecule has 2 aromatic carbocycles. The molecule has 0 spiro atoms. The molecule has 2 atom stereocenters. The number of halogens is 1. The quantitative estimate of drug-likeness (QED) is 0.487. The molecule has 1 heterocycles. The van der Waals surface area contributed by atoms with Gasteiger partial charge in [-0.25, -0.2) is 0 Å². The van der Waals surface area contributed by atoms with Crippen LogP contribution in [0.15, 0.2) is 53.0 Å². The molecule has 0 bridgehead atoms. The molecule has 0 aromatic heterocycles. The lowest BCUT2D eigenvalue weighted by Crippen LogP contribution is -2.24. The van der Waals surface area contributed by atoms with E-state index in [9.17, 15) is 0 Å². The lowest BCUT2D eigenvalue weighted by molar-refractivity contribution is -0.00207. The number of hydrogen-bond acceptors (Lipinski definition) is 1. The zero-order valence-corrected chi connectivity index (χ0v) is 16.1. The minimum absolute atomic E-state index is 0.495. The van der Waals surface area contributed by atoms with E-state index in [4.69, 9.17) is 4.74 Å². The van der Waals surface area contributed by atoms with Crippen LogP contribution in [0.2, 0.25) is 0 Å². The standard InChI is InChI=1S/C22H27BrO/c1-2-3-4-5-22-15-12-20(16-24-22)19-8-6-17(7-9-19)18-10-13-21(23)14-11-18/h6-11,13-14,20,22H,2-5,12,15-16H2,1H3. The van der Waals surface area contributed by atoms with E-state index >= 15 is 0 Å². The Bertz CT molecular complexity index is 609. The lowest BCUT2D eigenvalue weighted by atomic mass is 9.89. The van der Waals surface area contributed by atoms with E-state index in [1.54, 1.807) is 0 Å². The summed E-state index contributed by atoms with van der Waals surface area (Å²) < 4.78 is 7.24. The highest BCUT2D eigenvalue weighted by Crippen LogP contribution is 2.31. The topological polar surface area (TPSA) is 9.23 Å². The van der Waals surface area contributed by atoms with Gasteiger partial charge in [-0.05, 0) is 48.1 Å². The van der Waals surface area contributed by atoms with Gasteiger partial charge in [0.15, 0.2) is 0 Å². The molecule has 3 rings (SSSR count). The summed E-state index contributed by atoms with van der Waals surface area (Å²) >= 11 is 3.49. The number of rotatable bonds is 6. The van der Waals surface area contributed by atoms with Crippen LogP contribution in [0.1, 0.15) is 56.9 Å². The molecular weight excluding hydrogens is 360 g/mol. The third kappa shape index (κ3) is 4.70. The summed E-state index contributed by atoms with van der Waals surface area (Å²) in [5.41, 5.74) is 3.96. The fourth-order valence-electron chi connectivity index (χ4n) is 3.51. The van der Waals surface area contributed by atoms with Crippen molar-refractivity contribution in [3.05, 3.63) is 58.6 Å². The van der Waals surface area contributed by atoms with Crippen molar-refractivity contribution < 1.29 is 4.74 Å². The van der Waals surface area contributed by atoms with Crippen molar-refractivity contribution >= 4 is 15.9 Å². The summed E-state index contributed by atoms with van der Waals surface area (Å²) in [6.45, 7) is 3.14. The van der Waals surface area contributed by atoms with Gasteiger partial charge in [0.2, 0.25) is 0 Å². The molecule has 0 saturated carbocycles. The molecule has 2 heteroatoms. The Morgan fingerprint density at radius 2 is 1.58 bits per heavy atom. The van der Waals surface area contributed by atoms with Crippen molar-refractivity contribution in [3.63, 3.8) is 0 Å². The molecule has 1 saturated heterocycles. The van der Waals surface area contributed by atoms with E-state index < -0.39 is 0 Å². The van der Waals surface area contributed by atoms with Crippen LogP contribution in [0.3, 0.4) is 0 Å². The van der Waals surface area contributed by atoms with Crippen molar-refractivity contribution in [3.8, 4) is 11.1 Å². The summed E-state index contributed by atoms with van der Waals surface area (Å²) in [7, 11) is 0. The fourth-order valence-corrected chi connectivity index (χ4v) is 3.77. The summed E-state index contributed by atoms with van der Waals surface area (Å²) in [4.78, 5) is 0. The predicted molar refractivity (Wildman–Crippen MR) is 105 cm³/mol. The van der Waals surface area contributed by atoms with Gasteiger partial charge in [0, 0.05) is 10.4 Å². The van der Waals surface area contributed by atoms with Gasteiger partial charge < -0.3 is 4.74 Å². The minimum atomic E-state index is 0.495. The molecule has 128 valence electrons. The molecule has 0 aliphatic carbocycles. The Morgan fingerprint density at radius 1 is 0.917 bits per heavy atom. The Labute approximate surface area is 154 Å². The van der Waals surface area contributed by atoms with Crippen LogP contribution in [0, 0.1) is 0 Å². The van der Waals surface area contributed by atoms with Gasteiger partial charge in [-0.15, -0.1) is 0 Å². The van der Waals surface area contributed by atoms with Gasteiger partial charge in [-0.3, -0.25) is 0 Å². The van der Waals surface area contributed by atoms with E-state index in [1.165, 1.54) is 55.2 Å². The average molecular weight is 387 g/mol. The van der Waals surface area contributed by atoms with Gasteiger partial charge in [0.1, 0.15) is 0 Å². The maximum Gasteiger partial charge on any atom is 0.0575 e. The molecule has 1 aliphatic heterocycles. The highest BCUT2D eigenvalue weighted by atomic mass is 79.9. The first-order valence-corrected chi connectivity index (χ1v) is 10.0. The molecule has 2 unspecified atom stereocenters. The molecule has 0 radical (unpaired) electrons. The molecular formula is C22H27BrO. The summed E-state index contributed by atoms with van der Waals surface area (Å²) in [5, 5.41) is 0. The number of ether oxygens (including phenoxy) is 1. The van der Waals surface area contributed by atoms with E-state index in [1.807, 2.05) is 0 Å². The number of benzene rings is 2. The Kier molecular flexibility index (Phi) is 6.51. The molecule has 24 heavy (non-hydrogen) atoms. The third-order valence-electron chi connectivity index (χ3n) is 5.06. The molecule has 1 aliphatic rings. The van der Waals surface area contributed by atoms with Crippen molar-refractivity contribution in [2.45, 2.75) is 57.5 Å². The van der Waals surface area contributed by atoms with Gasteiger partial charge in [-0.1, -0.05) is 78.5 Å². The van der Waals surface area contributed by atoms with Crippen molar-refractivity contribution in [2.24, 2.45) is 0 Å². The molecule has 0 amide bonds. The highest BCUT2D eigenvalue weighted by Gasteiger charge is 2.22.